The Morgan fingerprint density at radius 1 is 1.42 bits per heavy atom. The van der Waals surface area contributed by atoms with Crippen molar-refractivity contribution >= 4 is 0 Å². The Kier molecular flexibility index (Phi) is 3.76. The fraction of sp³-hybridized carbons (Fsp3) is 0.800. The molecule has 0 bridgehead atoms. The van der Waals surface area contributed by atoms with Crippen LogP contribution in [0.4, 0.5) is 0 Å². The number of rotatable bonds is 5. The standard InChI is InChI=1S/C10H20NO/c1-3-6-11(9-10-12-2)7-4-5-8-11/h3H,1,4-10H2,2H3/q+1. The van der Waals surface area contributed by atoms with Gasteiger partial charge in [0.25, 0.3) is 0 Å². The second kappa shape index (κ2) is 4.63. The van der Waals surface area contributed by atoms with Gasteiger partial charge in [0.15, 0.2) is 0 Å². The van der Waals surface area contributed by atoms with Crippen molar-refractivity contribution in [3.05, 3.63) is 12.7 Å². The van der Waals surface area contributed by atoms with E-state index in [1.165, 1.54) is 30.4 Å². The molecule has 1 saturated heterocycles. The van der Waals surface area contributed by atoms with Gasteiger partial charge in [-0.15, -0.1) is 0 Å². The molecule has 1 heterocycles. The van der Waals surface area contributed by atoms with Crippen molar-refractivity contribution in [2.45, 2.75) is 12.8 Å². The summed E-state index contributed by atoms with van der Waals surface area (Å²) in [4.78, 5) is 0. The summed E-state index contributed by atoms with van der Waals surface area (Å²) >= 11 is 0. The lowest BCUT2D eigenvalue weighted by atomic mass is 10.4. The minimum atomic E-state index is 0.883. The molecule has 0 aromatic heterocycles. The zero-order valence-corrected chi connectivity index (χ0v) is 8.09. The molecule has 0 aromatic carbocycles. The minimum Gasteiger partial charge on any atom is -0.379 e. The Morgan fingerprint density at radius 3 is 2.58 bits per heavy atom. The summed E-state index contributed by atoms with van der Waals surface area (Å²) in [7, 11) is 1.78. The number of methoxy groups -OCH3 is 1. The third kappa shape index (κ3) is 2.32. The lowest BCUT2D eigenvalue weighted by Crippen LogP contribution is -2.47. The SMILES string of the molecule is C=CC[N+]1(CCOC)CCCC1. The van der Waals surface area contributed by atoms with Crippen LogP contribution in [0, 0.1) is 0 Å². The first kappa shape index (κ1) is 9.75. The molecule has 1 rings (SSSR count). The molecule has 70 valence electrons. The molecule has 0 spiro atoms. The van der Waals surface area contributed by atoms with Crippen LogP contribution in [0.5, 0.6) is 0 Å². The molecule has 0 unspecified atom stereocenters. The van der Waals surface area contributed by atoms with Gasteiger partial charge in [-0.05, 0) is 6.08 Å². The van der Waals surface area contributed by atoms with E-state index in [-0.39, 0.29) is 0 Å². The first-order valence-electron chi connectivity index (χ1n) is 4.78. The third-order valence-electron chi connectivity index (χ3n) is 2.80. The van der Waals surface area contributed by atoms with Crippen molar-refractivity contribution in [2.24, 2.45) is 0 Å². The Bertz CT molecular complexity index is 139. The summed E-state index contributed by atoms with van der Waals surface area (Å²) in [6, 6.07) is 0. The van der Waals surface area contributed by atoms with Crippen LogP contribution in [0.25, 0.3) is 0 Å². The Labute approximate surface area is 75.4 Å². The summed E-state index contributed by atoms with van der Waals surface area (Å²) in [6.45, 7) is 9.60. The number of quaternary nitrogens is 1. The normalized spacial score (nSPS) is 21.1. The van der Waals surface area contributed by atoms with Gasteiger partial charge in [0, 0.05) is 20.0 Å². The summed E-state index contributed by atoms with van der Waals surface area (Å²) in [5.74, 6) is 0. The second-order valence-corrected chi connectivity index (χ2v) is 3.68. The largest absolute Gasteiger partial charge is 0.379 e. The van der Waals surface area contributed by atoms with Crippen LogP contribution in [0.3, 0.4) is 0 Å². The van der Waals surface area contributed by atoms with Crippen LogP contribution in [0.15, 0.2) is 12.7 Å². The van der Waals surface area contributed by atoms with E-state index in [4.69, 9.17) is 4.74 Å². The molecule has 0 saturated carbocycles. The molecule has 12 heavy (non-hydrogen) atoms. The van der Waals surface area contributed by atoms with Crippen LogP contribution in [0.2, 0.25) is 0 Å². The quantitative estimate of drug-likeness (QED) is 0.448. The van der Waals surface area contributed by atoms with E-state index in [1.807, 2.05) is 6.08 Å². The van der Waals surface area contributed by atoms with Gasteiger partial charge >= 0.3 is 0 Å². The van der Waals surface area contributed by atoms with E-state index in [2.05, 4.69) is 6.58 Å². The van der Waals surface area contributed by atoms with Crippen LogP contribution >= 0.6 is 0 Å². The molecular formula is C10H20NO+. The molecule has 2 heteroatoms. The highest BCUT2D eigenvalue weighted by atomic mass is 16.5. The molecule has 0 N–H and O–H groups in total. The van der Waals surface area contributed by atoms with Gasteiger partial charge in [0.2, 0.25) is 0 Å². The Hall–Kier alpha value is -0.340. The number of hydrogen-bond acceptors (Lipinski definition) is 1. The molecular weight excluding hydrogens is 150 g/mol. The molecule has 0 amide bonds. The molecule has 1 fully saturated rings. The van der Waals surface area contributed by atoms with Crippen molar-refractivity contribution in [3.63, 3.8) is 0 Å². The number of likely N-dealkylation sites (tertiary alicyclic amines) is 1. The van der Waals surface area contributed by atoms with Gasteiger partial charge in [0.05, 0.1) is 26.2 Å². The van der Waals surface area contributed by atoms with Crippen molar-refractivity contribution in [1.29, 1.82) is 0 Å². The van der Waals surface area contributed by atoms with E-state index in [0.717, 1.165) is 19.7 Å². The highest BCUT2D eigenvalue weighted by molar-refractivity contribution is 4.68. The Morgan fingerprint density at radius 2 is 2.08 bits per heavy atom. The summed E-state index contributed by atoms with van der Waals surface area (Å²) in [6.07, 6.45) is 4.79. The summed E-state index contributed by atoms with van der Waals surface area (Å²) in [5.41, 5.74) is 0. The molecule has 1 aliphatic rings. The van der Waals surface area contributed by atoms with E-state index in [9.17, 15) is 0 Å². The fourth-order valence-corrected chi connectivity index (χ4v) is 2.06. The average Bonchev–Trinajstić information content (AvgIpc) is 2.51. The first-order chi connectivity index (χ1) is 5.83. The lowest BCUT2D eigenvalue weighted by molar-refractivity contribution is -0.911. The van der Waals surface area contributed by atoms with Crippen molar-refractivity contribution in [1.82, 2.24) is 0 Å². The van der Waals surface area contributed by atoms with Gasteiger partial charge in [-0.2, -0.15) is 0 Å². The van der Waals surface area contributed by atoms with Gasteiger partial charge in [-0.1, -0.05) is 6.58 Å². The van der Waals surface area contributed by atoms with Crippen LogP contribution in [0.1, 0.15) is 12.8 Å². The zero-order valence-electron chi connectivity index (χ0n) is 8.09. The highest BCUT2D eigenvalue weighted by Gasteiger charge is 2.29. The van der Waals surface area contributed by atoms with Crippen molar-refractivity contribution < 1.29 is 9.22 Å². The van der Waals surface area contributed by atoms with E-state index in [0.29, 0.717) is 0 Å². The number of nitrogens with zero attached hydrogens (tertiary/aromatic N) is 1. The van der Waals surface area contributed by atoms with Crippen LogP contribution < -0.4 is 0 Å². The smallest absolute Gasteiger partial charge is 0.103 e. The minimum absolute atomic E-state index is 0.883. The Balaban J connectivity index is 2.40. The van der Waals surface area contributed by atoms with Crippen molar-refractivity contribution in [3.8, 4) is 0 Å². The predicted molar refractivity (Wildman–Crippen MR) is 51.0 cm³/mol. The molecule has 0 aromatic rings. The molecule has 2 nitrogen and oxygen atoms in total. The third-order valence-corrected chi connectivity index (χ3v) is 2.80. The van der Waals surface area contributed by atoms with Crippen molar-refractivity contribution in [2.75, 3.05) is 39.9 Å². The second-order valence-electron chi connectivity index (χ2n) is 3.68. The van der Waals surface area contributed by atoms with Gasteiger partial charge in [-0.25, -0.2) is 0 Å². The number of hydrogen-bond donors (Lipinski definition) is 0. The van der Waals surface area contributed by atoms with Gasteiger partial charge in [0.1, 0.15) is 6.54 Å². The molecule has 0 radical (unpaired) electrons. The van der Waals surface area contributed by atoms with Crippen LogP contribution in [-0.2, 0) is 4.74 Å². The topological polar surface area (TPSA) is 9.23 Å². The highest BCUT2D eigenvalue weighted by Crippen LogP contribution is 2.18. The van der Waals surface area contributed by atoms with Crippen LogP contribution in [-0.4, -0.2) is 44.4 Å². The average molecular weight is 170 g/mol. The maximum Gasteiger partial charge on any atom is 0.103 e. The maximum atomic E-state index is 5.13. The summed E-state index contributed by atoms with van der Waals surface area (Å²) in [5, 5.41) is 0. The van der Waals surface area contributed by atoms with Gasteiger partial charge < -0.3 is 9.22 Å². The van der Waals surface area contributed by atoms with E-state index >= 15 is 0 Å². The zero-order chi connectivity index (χ0) is 8.86. The van der Waals surface area contributed by atoms with Gasteiger partial charge in [-0.3, -0.25) is 0 Å². The maximum absolute atomic E-state index is 5.13. The monoisotopic (exact) mass is 170 g/mol. The number of ether oxygens (including phenoxy) is 1. The fourth-order valence-electron chi connectivity index (χ4n) is 2.06. The lowest BCUT2D eigenvalue weighted by Gasteiger charge is -2.32. The molecule has 0 atom stereocenters. The van der Waals surface area contributed by atoms with E-state index in [1.54, 1.807) is 7.11 Å². The first-order valence-corrected chi connectivity index (χ1v) is 4.78. The predicted octanol–water partition coefficient (Wildman–Crippen LogP) is 1.43. The molecule has 1 aliphatic heterocycles. The molecule has 0 aliphatic carbocycles. The van der Waals surface area contributed by atoms with E-state index < -0.39 is 0 Å². The summed E-state index contributed by atoms with van der Waals surface area (Å²) < 4.78 is 6.33.